The van der Waals surface area contributed by atoms with Crippen LogP contribution in [0.3, 0.4) is 0 Å². The number of anilines is 2. The van der Waals surface area contributed by atoms with Gasteiger partial charge in [-0.25, -0.2) is 0 Å². The van der Waals surface area contributed by atoms with Crippen LogP contribution in [-0.2, 0) is 4.79 Å². The van der Waals surface area contributed by atoms with Gasteiger partial charge in [0, 0.05) is 27.7 Å². The van der Waals surface area contributed by atoms with E-state index in [9.17, 15) is 4.79 Å². The standard InChI is InChI=1S/C25H20Cl2N2O/c26-17-11-9-15(10-12-17)25-24-22(28-20-7-3-4-8-21(20)29-25)13-16(14-23(24)30)18-5-1-2-6-19(18)27/h1-12,16,25,28-29H,13-14H2. The van der Waals surface area contributed by atoms with Gasteiger partial charge in [-0.15, -0.1) is 0 Å². The minimum atomic E-state index is -0.242. The van der Waals surface area contributed by atoms with Crippen molar-refractivity contribution in [3.05, 3.63) is 105 Å². The van der Waals surface area contributed by atoms with Crippen LogP contribution in [0.1, 0.15) is 35.9 Å². The van der Waals surface area contributed by atoms with Gasteiger partial charge in [-0.1, -0.05) is 65.7 Å². The molecule has 5 rings (SSSR count). The van der Waals surface area contributed by atoms with Crippen LogP contribution < -0.4 is 10.6 Å². The summed E-state index contributed by atoms with van der Waals surface area (Å²) < 4.78 is 0. The second-order valence-electron chi connectivity index (χ2n) is 7.74. The van der Waals surface area contributed by atoms with Crippen molar-refractivity contribution in [1.29, 1.82) is 0 Å². The quantitative estimate of drug-likeness (QED) is 0.457. The van der Waals surface area contributed by atoms with Crippen molar-refractivity contribution >= 4 is 40.4 Å². The Kier molecular flexibility index (Phi) is 5.01. The highest BCUT2D eigenvalue weighted by atomic mass is 35.5. The van der Waals surface area contributed by atoms with Gasteiger partial charge < -0.3 is 10.6 Å². The summed E-state index contributed by atoms with van der Waals surface area (Å²) in [5, 5.41) is 8.51. The lowest BCUT2D eigenvalue weighted by atomic mass is 9.78. The molecule has 0 fully saturated rings. The molecule has 2 aliphatic rings. The fourth-order valence-electron chi connectivity index (χ4n) is 4.42. The van der Waals surface area contributed by atoms with E-state index in [0.29, 0.717) is 16.5 Å². The van der Waals surface area contributed by atoms with Gasteiger partial charge >= 0.3 is 0 Å². The van der Waals surface area contributed by atoms with Crippen molar-refractivity contribution in [2.75, 3.05) is 10.6 Å². The van der Waals surface area contributed by atoms with Gasteiger partial charge in [0.1, 0.15) is 0 Å². The molecule has 0 spiro atoms. The van der Waals surface area contributed by atoms with E-state index >= 15 is 0 Å². The molecule has 0 saturated carbocycles. The molecule has 150 valence electrons. The second-order valence-corrected chi connectivity index (χ2v) is 8.59. The van der Waals surface area contributed by atoms with Crippen LogP contribution >= 0.6 is 23.2 Å². The van der Waals surface area contributed by atoms with E-state index in [2.05, 4.69) is 10.6 Å². The first-order chi connectivity index (χ1) is 14.6. The molecule has 0 aromatic heterocycles. The molecule has 1 aliphatic heterocycles. The number of hydrogen-bond acceptors (Lipinski definition) is 3. The van der Waals surface area contributed by atoms with Crippen LogP contribution in [0.5, 0.6) is 0 Å². The smallest absolute Gasteiger partial charge is 0.163 e. The van der Waals surface area contributed by atoms with Gasteiger partial charge in [-0.3, -0.25) is 4.79 Å². The van der Waals surface area contributed by atoms with Gasteiger partial charge in [0.15, 0.2) is 5.78 Å². The average molecular weight is 435 g/mol. The first-order valence-corrected chi connectivity index (χ1v) is 10.7. The molecular weight excluding hydrogens is 415 g/mol. The third-order valence-electron chi connectivity index (χ3n) is 5.86. The molecule has 3 nitrogen and oxygen atoms in total. The van der Waals surface area contributed by atoms with E-state index in [-0.39, 0.29) is 17.7 Å². The maximum Gasteiger partial charge on any atom is 0.163 e. The summed E-state index contributed by atoms with van der Waals surface area (Å²) in [7, 11) is 0. The van der Waals surface area contributed by atoms with Gasteiger partial charge in [-0.05, 0) is 53.8 Å². The lowest BCUT2D eigenvalue weighted by molar-refractivity contribution is -0.116. The Hall–Kier alpha value is -2.75. The maximum atomic E-state index is 13.5. The van der Waals surface area contributed by atoms with Crippen molar-refractivity contribution in [3.63, 3.8) is 0 Å². The number of para-hydroxylation sites is 2. The zero-order chi connectivity index (χ0) is 20.7. The minimum Gasteiger partial charge on any atom is -0.372 e. The zero-order valence-corrected chi connectivity index (χ0v) is 17.7. The number of nitrogens with one attached hydrogen (secondary N) is 2. The topological polar surface area (TPSA) is 41.1 Å². The SMILES string of the molecule is O=C1CC(c2ccccc2Cl)CC2=C1C(c1ccc(Cl)cc1)Nc1ccccc1N2. The fourth-order valence-corrected chi connectivity index (χ4v) is 4.84. The van der Waals surface area contributed by atoms with E-state index in [1.54, 1.807) is 0 Å². The second kappa shape index (κ2) is 7.82. The largest absolute Gasteiger partial charge is 0.372 e. The minimum absolute atomic E-state index is 0.0496. The Bertz CT molecular complexity index is 1150. The molecule has 0 amide bonds. The Morgan fingerprint density at radius 2 is 1.50 bits per heavy atom. The van der Waals surface area contributed by atoms with Crippen LogP contribution in [0.25, 0.3) is 0 Å². The van der Waals surface area contributed by atoms with E-state index in [0.717, 1.165) is 40.2 Å². The number of carbonyl (C=O) groups is 1. The molecular formula is C25H20Cl2N2O. The molecule has 2 unspecified atom stereocenters. The van der Waals surface area contributed by atoms with E-state index in [1.165, 1.54) is 0 Å². The first-order valence-electron chi connectivity index (χ1n) is 9.99. The predicted octanol–water partition coefficient (Wildman–Crippen LogP) is 6.97. The summed E-state index contributed by atoms with van der Waals surface area (Å²) in [6.45, 7) is 0. The van der Waals surface area contributed by atoms with Gasteiger partial charge in [0.05, 0.1) is 17.4 Å². The van der Waals surface area contributed by atoms with Crippen LogP contribution in [0.2, 0.25) is 10.0 Å². The Labute approximate surface area is 185 Å². The Morgan fingerprint density at radius 3 is 2.27 bits per heavy atom. The number of carbonyl (C=O) groups excluding carboxylic acids is 1. The molecule has 0 bridgehead atoms. The molecule has 3 aromatic carbocycles. The maximum absolute atomic E-state index is 13.5. The van der Waals surface area contributed by atoms with Gasteiger partial charge in [-0.2, -0.15) is 0 Å². The summed E-state index contributed by atoms with van der Waals surface area (Å²) in [6.07, 6.45) is 1.16. The molecule has 1 heterocycles. The molecule has 3 aromatic rings. The van der Waals surface area contributed by atoms with E-state index in [1.807, 2.05) is 72.8 Å². The van der Waals surface area contributed by atoms with E-state index < -0.39 is 0 Å². The number of benzene rings is 3. The third kappa shape index (κ3) is 3.49. The number of ketones is 1. The average Bonchev–Trinajstić information content (AvgIpc) is 2.91. The number of hydrogen-bond donors (Lipinski definition) is 2. The number of halogens is 2. The van der Waals surface area contributed by atoms with Gasteiger partial charge in [0.2, 0.25) is 0 Å². The normalized spacial score (nSPS) is 20.5. The number of rotatable bonds is 2. The summed E-state index contributed by atoms with van der Waals surface area (Å²) in [5.74, 6) is 0.183. The highest BCUT2D eigenvalue weighted by molar-refractivity contribution is 6.31. The van der Waals surface area contributed by atoms with Crippen LogP contribution in [0, 0.1) is 0 Å². The molecule has 2 atom stereocenters. The molecule has 30 heavy (non-hydrogen) atoms. The fraction of sp³-hybridized carbons (Fsp3) is 0.160. The summed E-state index contributed by atoms with van der Waals surface area (Å²) >= 11 is 12.6. The third-order valence-corrected chi connectivity index (χ3v) is 6.45. The predicted molar refractivity (Wildman–Crippen MR) is 123 cm³/mol. The van der Waals surface area contributed by atoms with E-state index in [4.69, 9.17) is 23.2 Å². The molecule has 5 heteroatoms. The Balaban J connectivity index is 1.62. The molecule has 1 aliphatic carbocycles. The summed E-state index contributed by atoms with van der Waals surface area (Å²) in [4.78, 5) is 13.5. The molecule has 0 saturated heterocycles. The number of allylic oxidation sites excluding steroid dienone is 1. The highest BCUT2D eigenvalue weighted by Gasteiger charge is 2.36. The van der Waals surface area contributed by atoms with Gasteiger partial charge in [0.25, 0.3) is 0 Å². The Morgan fingerprint density at radius 1 is 0.800 bits per heavy atom. The number of fused-ring (bicyclic) bond motifs is 1. The van der Waals surface area contributed by atoms with Crippen LogP contribution in [0.15, 0.2) is 84.1 Å². The lowest BCUT2D eigenvalue weighted by Gasteiger charge is -2.30. The summed E-state index contributed by atoms with van der Waals surface area (Å²) in [5.41, 5.74) is 5.71. The van der Waals surface area contributed by atoms with Crippen molar-refractivity contribution in [1.82, 2.24) is 0 Å². The zero-order valence-electron chi connectivity index (χ0n) is 16.2. The highest BCUT2D eigenvalue weighted by Crippen LogP contribution is 2.45. The van der Waals surface area contributed by atoms with Crippen molar-refractivity contribution in [2.45, 2.75) is 24.8 Å². The summed E-state index contributed by atoms with van der Waals surface area (Å²) in [6, 6.07) is 23.3. The van der Waals surface area contributed by atoms with Crippen molar-refractivity contribution < 1.29 is 4.79 Å². The molecule has 0 radical (unpaired) electrons. The molecule has 2 N–H and O–H groups in total. The first kappa shape index (κ1) is 19.2. The van der Waals surface area contributed by atoms with Crippen LogP contribution in [0.4, 0.5) is 11.4 Å². The lowest BCUT2D eigenvalue weighted by Crippen LogP contribution is -2.27. The number of Topliss-reactive ketones (excluding diaryl/α,β-unsaturated/α-hetero) is 1. The van der Waals surface area contributed by atoms with Crippen molar-refractivity contribution in [3.8, 4) is 0 Å². The monoisotopic (exact) mass is 434 g/mol. The van der Waals surface area contributed by atoms with Crippen LogP contribution in [-0.4, -0.2) is 5.78 Å². The van der Waals surface area contributed by atoms with Crippen molar-refractivity contribution in [2.24, 2.45) is 0 Å².